The minimum atomic E-state index is -0.615. The molecule has 0 fully saturated rings. The predicted octanol–water partition coefficient (Wildman–Crippen LogP) is 3.64. The van der Waals surface area contributed by atoms with Gasteiger partial charge in [-0.25, -0.2) is 14.8 Å². The van der Waals surface area contributed by atoms with Gasteiger partial charge >= 0.3 is 5.69 Å². The Morgan fingerprint density at radius 2 is 1.75 bits per heavy atom. The molecule has 0 bridgehead atoms. The summed E-state index contributed by atoms with van der Waals surface area (Å²) in [5.74, 6) is -0.394. The van der Waals surface area contributed by atoms with Crippen LogP contribution in [0.15, 0.2) is 57.1 Å². The van der Waals surface area contributed by atoms with E-state index in [2.05, 4.69) is 15.3 Å². The van der Waals surface area contributed by atoms with Crippen molar-refractivity contribution in [2.45, 2.75) is 5.03 Å². The maximum absolute atomic E-state index is 12.9. The number of aryl methyl sites for hydroxylation is 1. The Hall–Kier alpha value is -3.74. The molecule has 0 aliphatic carbocycles. The Balaban J connectivity index is 1.74. The number of non-ortho nitro benzene ring substituents is 1. The summed E-state index contributed by atoms with van der Waals surface area (Å²) in [6.07, 6.45) is 0. The predicted molar refractivity (Wildman–Crippen MR) is 138 cm³/mol. The van der Waals surface area contributed by atoms with Crippen LogP contribution >= 0.6 is 35.0 Å². The lowest BCUT2D eigenvalue weighted by molar-refractivity contribution is -0.384. The molecule has 0 unspecified atom stereocenters. The molecule has 2 aromatic heterocycles. The molecule has 0 saturated heterocycles. The average Bonchev–Trinajstić information content (AvgIpc) is 2.86. The summed E-state index contributed by atoms with van der Waals surface area (Å²) < 4.78 is 2.13. The maximum atomic E-state index is 12.9. The summed E-state index contributed by atoms with van der Waals surface area (Å²) in [5.41, 5.74) is -0.386. The van der Waals surface area contributed by atoms with Crippen molar-refractivity contribution in [3.63, 3.8) is 0 Å². The van der Waals surface area contributed by atoms with E-state index >= 15 is 0 Å². The average molecular weight is 547 g/mol. The zero-order chi connectivity index (χ0) is 26.1. The number of anilines is 1. The van der Waals surface area contributed by atoms with Crippen molar-refractivity contribution < 1.29 is 9.72 Å². The van der Waals surface area contributed by atoms with Gasteiger partial charge in [0.1, 0.15) is 10.4 Å². The van der Waals surface area contributed by atoms with Gasteiger partial charge in [-0.15, -0.1) is 0 Å². The monoisotopic (exact) mass is 546 g/mol. The molecule has 4 aromatic rings. The largest absolute Gasteiger partial charge is 0.332 e. The van der Waals surface area contributed by atoms with Gasteiger partial charge in [-0.05, 0) is 30.3 Å². The van der Waals surface area contributed by atoms with E-state index in [1.54, 1.807) is 12.1 Å². The Morgan fingerprint density at radius 1 is 1.06 bits per heavy atom. The molecule has 0 aliphatic rings. The van der Waals surface area contributed by atoms with Crippen molar-refractivity contribution in [3.8, 4) is 11.4 Å². The van der Waals surface area contributed by atoms with Crippen molar-refractivity contribution in [2.75, 3.05) is 11.1 Å². The van der Waals surface area contributed by atoms with E-state index in [0.717, 1.165) is 16.3 Å². The fourth-order valence-corrected chi connectivity index (χ4v) is 4.41. The lowest BCUT2D eigenvalue weighted by Crippen LogP contribution is -2.37. The highest BCUT2D eigenvalue weighted by molar-refractivity contribution is 8.00. The van der Waals surface area contributed by atoms with Crippen LogP contribution in [-0.4, -0.2) is 35.7 Å². The van der Waals surface area contributed by atoms with E-state index in [9.17, 15) is 24.5 Å². The third kappa shape index (κ3) is 4.96. The number of nitrogens with one attached hydrogen (secondary N) is 1. The van der Waals surface area contributed by atoms with Crippen molar-refractivity contribution in [1.29, 1.82) is 0 Å². The van der Waals surface area contributed by atoms with E-state index in [1.807, 2.05) is 0 Å². The van der Waals surface area contributed by atoms with Crippen molar-refractivity contribution in [1.82, 2.24) is 19.1 Å². The number of halogens is 2. The molecular formula is C22H16Cl2N6O5S. The summed E-state index contributed by atoms with van der Waals surface area (Å²) in [4.78, 5) is 57.3. The fourth-order valence-electron chi connectivity index (χ4n) is 3.30. The van der Waals surface area contributed by atoms with Crippen LogP contribution < -0.4 is 16.6 Å². The van der Waals surface area contributed by atoms with Gasteiger partial charge in [-0.2, -0.15) is 0 Å². The van der Waals surface area contributed by atoms with Gasteiger partial charge in [-0.1, -0.05) is 35.0 Å². The first-order valence-corrected chi connectivity index (χ1v) is 11.9. The van der Waals surface area contributed by atoms with Crippen LogP contribution in [0.5, 0.6) is 0 Å². The van der Waals surface area contributed by atoms with Crippen LogP contribution in [0.4, 0.5) is 11.4 Å². The van der Waals surface area contributed by atoms with E-state index in [1.165, 1.54) is 49.0 Å². The number of aromatic nitrogens is 4. The maximum Gasteiger partial charge on any atom is 0.332 e. The molecule has 36 heavy (non-hydrogen) atoms. The topological polar surface area (TPSA) is 142 Å². The number of hydrogen-bond donors (Lipinski definition) is 1. The molecule has 2 heterocycles. The molecule has 4 rings (SSSR count). The van der Waals surface area contributed by atoms with E-state index in [4.69, 9.17) is 23.2 Å². The normalized spacial score (nSPS) is 11.0. The van der Waals surface area contributed by atoms with Crippen molar-refractivity contribution >= 4 is 63.3 Å². The van der Waals surface area contributed by atoms with Gasteiger partial charge in [0.15, 0.2) is 11.5 Å². The highest BCUT2D eigenvalue weighted by Gasteiger charge is 2.19. The van der Waals surface area contributed by atoms with Crippen molar-refractivity contribution in [2.24, 2.45) is 14.1 Å². The van der Waals surface area contributed by atoms with Gasteiger partial charge in [-0.3, -0.25) is 28.8 Å². The van der Waals surface area contributed by atoms with E-state index in [0.29, 0.717) is 16.3 Å². The summed E-state index contributed by atoms with van der Waals surface area (Å²) in [7, 11) is 2.79. The number of fused-ring (bicyclic) bond motifs is 1. The third-order valence-corrected chi connectivity index (χ3v) is 6.86. The second-order valence-electron chi connectivity index (χ2n) is 7.53. The van der Waals surface area contributed by atoms with Crippen LogP contribution in [0, 0.1) is 10.1 Å². The number of nitro groups is 1. The van der Waals surface area contributed by atoms with Crippen LogP contribution in [0.25, 0.3) is 22.4 Å². The summed E-state index contributed by atoms with van der Waals surface area (Å²) in [5, 5.41) is 14.5. The third-order valence-electron chi connectivity index (χ3n) is 5.15. The number of nitro benzene ring substituents is 1. The minimum absolute atomic E-state index is 0.0672. The van der Waals surface area contributed by atoms with Gasteiger partial charge in [0.2, 0.25) is 5.91 Å². The summed E-state index contributed by atoms with van der Waals surface area (Å²) in [6, 6.07) is 10.2. The van der Waals surface area contributed by atoms with Crippen LogP contribution in [0.3, 0.4) is 0 Å². The molecular weight excluding hydrogens is 531 g/mol. The highest BCUT2D eigenvalue weighted by atomic mass is 35.5. The SMILES string of the molecule is Cn1c(=O)c2c(SCC(=O)Nc3ccc(Cl)c(Cl)c3)nc(-c3ccc([N+](=O)[O-])cc3)nc2n(C)c1=O. The first-order chi connectivity index (χ1) is 17.1. The van der Waals surface area contributed by atoms with Crippen LogP contribution in [-0.2, 0) is 18.9 Å². The number of thioether (sulfide) groups is 1. The lowest BCUT2D eigenvalue weighted by Gasteiger charge is -2.12. The number of hydrogen-bond acceptors (Lipinski definition) is 8. The standard InChI is InChI=1S/C22H16Cl2N6O5S/c1-28-19-17(21(32)29(2)22(28)33)20(27-18(26-19)11-3-6-13(7-4-11)30(34)35)36-10-16(31)25-12-5-8-14(23)15(24)9-12/h3-9H,10H2,1-2H3,(H,25,31). The van der Waals surface area contributed by atoms with Gasteiger partial charge < -0.3 is 5.32 Å². The highest BCUT2D eigenvalue weighted by Crippen LogP contribution is 2.28. The first kappa shape index (κ1) is 25.4. The van der Waals surface area contributed by atoms with Crippen LogP contribution in [0.1, 0.15) is 0 Å². The Bertz CT molecular complexity index is 1650. The van der Waals surface area contributed by atoms with Gasteiger partial charge in [0.25, 0.3) is 11.2 Å². The molecule has 2 aromatic carbocycles. The van der Waals surface area contributed by atoms with E-state index in [-0.39, 0.29) is 38.3 Å². The number of rotatable bonds is 6. The molecule has 1 N–H and O–H groups in total. The molecule has 1 amide bonds. The lowest BCUT2D eigenvalue weighted by atomic mass is 10.2. The molecule has 0 atom stereocenters. The number of amides is 1. The second kappa shape index (κ2) is 10.1. The van der Waals surface area contributed by atoms with E-state index < -0.39 is 22.1 Å². The van der Waals surface area contributed by atoms with Crippen LogP contribution in [0.2, 0.25) is 10.0 Å². The Morgan fingerprint density at radius 3 is 2.39 bits per heavy atom. The number of nitrogens with zero attached hydrogens (tertiary/aromatic N) is 5. The minimum Gasteiger partial charge on any atom is -0.325 e. The quantitative estimate of drug-likeness (QED) is 0.167. The Kier molecular flexibility index (Phi) is 7.11. The van der Waals surface area contributed by atoms with Gasteiger partial charge in [0.05, 0.1) is 20.7 Å². The molecule has 0 radical (unpaired) electrons. The Labute approximate surface area is 216 Å². The number of carbonyl (C=O) groups is 1. The zero-order valence-electron chi connectivity index (χ0n) is 18.7. The molecule has 0 aliphatic heterocycles. The van der Waals surface area contributed by atoms with Crippen molar-refractivity contribution in [3.05, 3.63) is 83.5 Å². The summed E-state index contributed by atoms with van der Waals surface area (Å²) in [6.45, 7) is 0. The smallest absolute Gasteiger partial charge is 0.325 e. The number of benzene rings is 2. The second-order valence-corrected chi connectivity index (χ2v) is 9.30. The molecule has 0 spiro atoms. The molecule has 0 saturated carbocycles. The first-order valence-electron chi connectivity index (χ1n) is 10.2. The molecule has 14 heteroatoms. The number of carbonyl (C=O) groups excluding carboxylic acids is 1. The molecule has 184 valence electrons. The molecule has 11 nitrogen and oxygen atoms in total. The zero-order valence-corrected chi connectivity index (χ0v) is 21.0. The summed E-state index contributed by atoms with van der Waals surface area (Å²) >= 11 is 12.9. The fraction of sp³-hybridized carbons (Fsp3) is 0.136. The van der Waals surface area contributed by atoms with Gasteiger partial charge in [0, 0.05) is 37.5 Å².